The summed E-state index contributed by atoms with van der Waals surface area (Å²) in [5.41, 5.74) is 7.39. The van der Waals surface area contributed by atoms with Gasteiger partial charge in [-0.15, -0.1) is 0 Å². The molecule has 2 N–H and O–H groups in total. The zero-order valence-corrected chi connectivity index (χ0v) is 25.5. The van der Waals surface area contributed by atoms with Crippen molar-refractivity contribution in [3.63, 3.8) is 0 Å². The number of nitrogens with zero attached hydrogens (tertiary/aromatic N) is 2. The molecule has 4 heteroatoms. The molecule has 4 nitrogen and oxygen atoms in total. The van der Waals surface area contributed by atoms with Gasteiger partial charge in [-0.2, -0.15) is 0 Å². The third-order valence-corrected chi connectivity index (χ3v) is 6.95. The summed E-state index contributed by atoms with van der Waals surface area (Å²) < 4.78 is 0. The molecule has 0 saturated carbocycles. The van der Waals surface area contributed by atoms with Gasteiger partial charge in [-0.05, 0) is 68.2 Å². The Morgan fingerprint density at radius 2 is 0.789 bits per heavy atom. The zero-order valence-electron chi connectivity index (χ0n) is 25.5. The molecule has 0 amide bonds. The number of allylic oxidation sites excluding steroid dienone is 8. The molecule has 0 atom stereocenters. The van der Waals surface area contributed by atoms with Crippen molar-refractivity contribution >= 4 is 34.2 Å². The molecule has 0 aromatic heterocycles. The Balaban J connectivity index is 2.19. The summed E-state index contributed by atoms with van der Waals surface area (Å²) in [6, 6.07) is 7.79. The summed E-state index contributed by atoms with van der Waals surface area (Å²) in [6.45, 7) is 26.0. The van der Waals surface area contributed by atoms with Crippen molar-refractivity contribution in [2.24, 2.45) is 31.6 Å². The highest BCUT2D eigenvalue weighted by molar-refractivity contribution is 6.53. The first-order chi connectivity index (χ1) is 17.2. The van der Waals surface area contributed by atoms with Crippen molar-refractivity contribution in [2.45, 2.75) is 83.1 Å². The van der Waals surface area contributed by atoms with E-state index in [0.29, 0.717) is 34.2 Å². The van der Waals surface area contributed by atoms with E-state index in [1.54, 1.807) is 0 Å². The number of rotatable bonds is 2. The minimum Gasteiger partial charge on any atom is -0.298 e. The maximum atomic E-state index is 9.02. The minimum absolute atomic E-state index is 0.0707. The highest BCUT2D eigenvalue weighted by atomic mass is 14.9. The Morgan fingerprint density at radius 3 is 1.05 bits per heavy atom. The van der Waals surface area contributed by atoms with Crippen molar-refractivity contribution in [3.8, 4) is 0 Å². The van der Waals surface area contributed by atoms with E-state index >= 15 is 0 Å². The number of para-hydroxylation sites is 2. The lowest BCUT2D eigenvalue weighted by atomic mass is 9.74. The average molecular weight is 511 g/mol. The van der Waals surface area contributed by atoms with Gasteiger partial charge in [-0.3, -0.25) is 10.8 Å². The second-order valence-corrected chi connectivity index (χ2v) is 14.5. The normalized spacial score (nSPS) is 19.9. The summed E-state index contributed by atoms with van der Waals surface area (Å²) >= 11 is 0. The number of aliphatic imine (C=N–C) groups is 2. The van der Waals surface area contributed by atoms with Crippen LogP contribution in [0, 0.1) is 32.5 Å². The Bertz CT molecular complexity index is 1240. The molecule has 38 heavy (non-hydrogen) atoms. The molecule has 0 fully saturated rings. The monoisotopic (exact) mass is 510 g/mol. The number of hydrogen-bond acceptors (Lipinski definition) is 4. The molecule has 1 aromatic rings. The smallest absolute Gasteiger partial charge is 0.0894 e. The highest BCUT2D eigenvalue weighted by Gasteiger charge is 2.31. The maximum absolute atomic E-state index is 9.02. The van der Waals surface area contributed by atoms with Crippen molar-refractivity contribution in [1.82, 2.24) is 0 Å². The third kappa shape index (κ3) is 6.46. The summed E-state index contributed by atoms with van der Waals surface area (Å²) in [4.78, 5) is 10.0. The summed E-state index contributed by atoms with van der Waals surface area (Å²) in [5, 5.41) is 18.0. The molecule has 2 aliphatic carbocycles. The second kappa shape index (κ2) is 9.87. The standard InChI is InChI=1S/C34H46N4/c1-31(2,3)21-17-23(33(7,8)9)29(35)27(19-21)37-25-15-13-14-16-26(25)38-28-20-22(32(4,5)6)18-24(30(28)36)34(10,11)12/h13-20,35-36H,1-12H3. The highest BCUT2D eigenvalue weighted by Crippen LogP contribution is 2.39. The van der Waals surface area contributed by atoms with Crippen LogP contribution in [0.15, 0.2) is 80.8 Å². The molecular weight excluding hydrogens is 464 g/mol. The lowest BCUT2D eigenvalue weighted by Gasteiger charge is -2.31. The predicted octanol–water partition coefficient (Wildman–Crippen LogP) is 9.79. The molecule has 0 bridgehead atoms. The van der Waals surface area contributed by atoms with Gasteiger partial charge in [-0.1, -0.05) is 107 Å². The Hall–Kier alpha value is -3.14. The minimum atomic E-state index is -0.177. The first-order valence-corrected chi connectivity index (χ1v) is 13.5. The summed E-state index contributed by atoms with van der Waals surface area (Å²) in [7, 11) is 0. The van der Waals surface area contributed by atoms with Gasteiger partial charge in [0, 0.05) is 0 Å². The molecule has 0 saturated heterocycles. The number of hydrogen-bond donors (Lipinski definition) is 2. The largest absolute Gasteiger partial charge is 0.298 e. The third-order valence-electron chi connectivity index (χ3n) is 6.95. The molecule has 202 valence electrons. The molecule has 1 aromatic carbocycles. The van der Waals surface area contributed by atoms with E-state index < -0.39 is 0 Å². The predicted molar refractivity (Wildman–Crippen MR) is 166 cm³/mol. The van der Waals surface area contributed by atoms with Crippen molar-refractivity contribution in [1.29, 1.82) is 10.8 Å². The fourth-order valence-corrected chi connectivity index (χ4v) is 4.39. The van der Waals surface area contributed by atoms with Gasteiger partial charge in [0.15, 0.2) is 0 Å². The molecule has 2 aliphatic rings. The van der Waals surface area contributed by atoms with Crippen LogP contribution in [-0.2, 0) is 0 Å². The van der Waals surface area contributed by atoms with Gasteiger partial charge in [0.2, 0.25) is 0 Å². The molecular formula is C34H46N4. The molecule has 0 radical (unpaired) electrons. The SMILES string of the molecule is CC(C)(C)C1=CC(=Nc2ccccc2N=C2C=C(C(C)(C)C)C=C(C(C)(C)C)C2=N)C(=N)C(C(C)(C)C)=C1. The van der Waals surface area contributed by atoms with E-state index in [0.717, 1.165) is 22.3 Å². The van der Waals surface area contributed by atoms with Gasteiger partial charge in [0.25, 0.3) is 0 Å². The lowest BCUT2D eigenvalue weighted by molar-refractivity contribution is 0.500. The fourth-order valence-electron chi connectivity index (χ4n) is 4.39. The molecule has 0 heterocycles. The van der Waals surface area contributed by atoms with E-state index in [4.69, 9.17) is 20.8 Å². The second-order valence-electron chi connectivity index (χ2n) is 14.5. The van der Waals surface area contributed by atoms with E-state index in [1.165, 1.54) is 0 Å². The van der Waals surface area contributed by atoms with Crippen LogP contribution in [0.25, 0.3) is 0 Å². The first kappa shape index (κ1) is 29.4. The maximum Gasteiger partial charge on any atom is 0.0894 e. The molecule has 0 aliphatic heterocycles. The summed E-state index contributed by atoms with van der Waals surface area (Å²) in [5.74, 6) is 0. The topological polar surface area (TPSA) is 72.4 Å². The Morgan fingerprint density at radius 1 is 0.474 bits per heavy atom. The number of nitrogens with one attached hydrogen (secondary N) is 2. The van der Waals surface area contributed by atoms with E-state index in [2.05, 4.69) is 95.2 Å². The van der Waals surface area contributed by atoms with Gasteiger partial charge in [0.1, 0.15) is 0 Å². The van der Waals surface area contributed by atoms with Crippen molar-refractivity contribution in [3.05, 3.63) is 70.9 Å². The van der Waals surface area contributed by atoms with Crippen LogP contribution in [0.3, 0.4) is 0 Å². The van der Waals surface area contributed by atoms with Crippen molar-refractivity contribution < 1.29 is 0 Å². The van der Waals surface area contributed by atoms with Crippen LogP contribution in [0.2, 0.25) is 0 Å². The van der Waals surface area contributed by atoms with Gasteiger partial charge >= 0.3 is 0 Å². The van der Waals surface area contributed by atoms with E-state index in [1.807, 2.05) is 36.4 Å². The van der Waals surface area contributed by atoms with Gasteiger partial charge in [0.05, 0.1) is 34.2 Å². The van der Waals surface area contributed by atoms with Gasteiger partial charge < -0.3 is 0 Å². The lowest BCUT2D eigenvalue weighted by Crippen LogP contribution is -2.28. The van der Waals surface area contributed by atoms with Crippen LogP contribution in [0.5, 0.6) is 0 Å². The molecule has 0 spiro atoms. The molecule has 3 rings (SSSR count). The zero-order chi connectivity index (χ0) is 28.8. The van der Waals surface area contributed by atoms with Crippen LogP contribution in [0.4, 0.5) is 11.4 Å². The Labute approximate surface area is 230 Å². The van der Waals surface area contributed by atoms with Gasteiger partial charge in [-0.25, -0.2) is 9.98 Å². The summed E-state index contributed by atoms with van der Waals surface area (Å²) in [6.07, 6.45) is 8.41. The van der Waals surface area contributed by atoms with Crippen LogP contribution >= 0.6 is 0 Å². The fraction of sp³-hybridized carbons (Fsp3) is 0.471. The first-order valence-electron chi connectivity index (χ1n) is 13.5. The van der Waals surface area contributed by atoms with E-state index in [9.17, 15) is 0 Å². The van der Waals surface area contributed by atoms with Crippen LogP contribution in [-0.4, -0.2) is 22.8 Å². The molecule has 0 unspecified atom stereocenters. The van der Waals surface area contributed by atoms with Crippen LogP contribution < -0.4 is 0 Å². The number of benzene rings is 1. The van der Waals surface area contributed by atoms with Crippen LogP contribution in [0.1, 0.15) is 83.1 Å². The Kier molecular flexibility index (Phi) is 7.64. The van der Waals surface area contributed by atoms with E-state index in [-0.39, 0.29) is 21.7 Å². The average Bonchev–Trinajstić information content (AvgIpc) is 2.74. The van der Waals surface area contributed by atoms with Crippen molar-refractivity contribution in [2.75, 3.05) is 0 Å². The quantitative estimate of drug-likeness (QED) is 0.372.